The fraction of sp³-hybridized carbons (Fsp3) is 0.435. The van der Waals surface area contributed by atoms with Gasteiger partial charge in [0.2, 0.25) is 5.91 Å². The van der Waals surface area contributed by atoms with Crippen molar-refractivity contribution in [2.75, 3.05) is 56.7 Å². The molecule has 1 saturated heterocycles. The second kappa shape index (κ2) is 9.18. The molecule has 6 heteroatoms. The quantitative estimate of drug-likeness (QED) is 0.730. The van der Waals surface area contributed by atoms with Crippen LogP contribution >= 0.6 is 0 Å². The SMILES string of the molecule is COc1ccc(N2CCN(CCCOc3ccc4c(c3)CCC(=O)N4)CC2)cc1. The van der Waals surface area contributed by atoms with Crippen molar-refractivity contribution in [1.29, 1.82) is 0 Å². The van der Waals surface area contributed by atoms with Gasteiger partial charge in [-0.25, -0.2) is 0 Å². The first-order valence-electron chi connectivity index (χ1n) is 10.4. The number of hydrogen-bond donors (Lipinski definition) is 1. The van der Waals surface area contributed by atoms with Crippen molar-refractivity contribution in [1.82, 2.24) is 4.90 Å². The highest BCUT2D eigenvalue weighted by Crippen LogP contribution is 2.27. The molecule has 29 heavy (non-hydrogen) atoms. The first-order valence-corrected chi connectivity index (χ1v) is 10.4. The summed E-state index contributed by atoms with van der Waals surface area (Å²) in [5.74, 6) is 1.89. The Bertz CT molecular complexity index is 830. The molecule has 0 saturated carbocycles. The maximum atomic E-state index is 11.4. The number of benzene rings is 2. The average Bonchev–Trinajstić information content (AvgIpc) is 2.77. The Kier molecular flexibility index (Phi) is 6.20. The first-order chi connectivity index (χ1) is 14.2. The van der Waals surface area contributed by atoms with Crippen LogP contribution in [0.25, 0.3) is 0 Å². The molecule has 2 heterocycles. The summed E-state index contributed by atoms with van der Waals surface area (Å²) in [5.41, 5.74) is 3.34. The Balaban J connectivity index is 1.17. The van der Waals surface area contributed by atoms with Crippen LogP contribution < -0.4 is 19.7 Å². The van der Waals surface area contributed by atoms with Gasteiger partial charge in [-0.3, -0.25) is 9.69 Å². The summed E-state index contributed by atoms with van der Waals surface area (Å²) >= 11 is 0. The van der Waals surface area contributed by atoms with Crippen LogP contribution in [0, 0.1) is 0 Å². The van der Waals surface area contributed by atoms with E-state index in [1.807, 2.05) is 24.3 Å². The lowest BCUT2D eigenvalue weighted by molar-refractivity contribution is -0.116. The molecule has 0 spiro atoms. The third-order valence-corrected chi connectivity index (χ3v) is 5.67. The van der Waals surface area contributed by atoms with Gasteiger partial charge >= 0.3 is 0 Å². The number of hydrogen-bond acceptors (Lipinski definition) is 5. The van der Waals surface area contributed by atoms with E-state index in [4.69, 9.17) is 9.47 Å². The zero-order valence-electron chi connectivity index (χ0n) is 17.0. The van der Waals surface area contributed by atoms with Crippen LogP contribution in [-0.2, 0) is 11.2 Å². The van der Waals surface area contributed by atoms with Crippen LogP contribution in [0.3, 0.4) is 0 Å². The Morgan fingerprint density at radius 1 is 0.966 bits per heavy atom. The maximum Gasteiger partial charge on any atom is 0.224 e. The fourth-order valence-corrected chi connectivity index (χ4v) is 3.95. The summed E-state index contributed by atoms with van der Waals surface area (Å²) in [6.07, 6.45) is 2.35. The molecular weight excluding hydrogens is 366 g/mol. The van der Waals surface area contributed by atoms with Crippen LogP contribution in [-0.4, -0.2) is 57.2 Å². The summed E-state index contributed by atoms with van der Waals surface area (Å²) in [4.78, 5) is 16.4. The summed E-state index contributed by atoms with van der Waals surface area (Å²) in [6.45, 7) is 6.00. The number of carbonyl (C=O) groups excluding carboxylic acids is 1. The average molecular weight is 396 g/mol. The molecular formula is C23H29N3O3. The molecule has 2 aliphatic heterocycles. The normalized spacial score (nSPS) is 16.9. The minimum Gasteiger partial charge on any atom is -0.497 e. The minimum atomic E-state index is 0.0956. The predicted molar refractivity (Wildman–Crippen MR) is 115 cm³/mol. The number of fused-ring (bicyclic) bond motifs is 1. The van der Waals surface area contributed by atoms with E-state index < -0.39 is 0 Å². The number of carbonyl (C=O) groups is 1. The highest BCUT2D eigenvalue weighted by Gasteiger charge is 2.17. The van der Waals surface area contributed by atoms with Crippen molar-refractivity contribution in [3.05, 3.63) is 48.0 Å². The molecule has 2 aliphatic rings. The van der Waals surface area contributed by atoms with Crippen LogP contribution in [0.1, 0.15) is 18.4 Å². The van der Waals surface area contributed by atoms with Gasteiger partial charge in [0.1, 0.15) is 11.5 Å². The number of aryl methyl sites for hydroxylation is 1. The minimum absolute atomic E-state index is 0.0956. The van der Waals surface area contributed by atoms with E-state index in [0.29, 0.717) is 13.0 Å². The number of anilines is 2. The van der Waals surface area contributed by atoms with Gasteiger partial charge in [0.25, 0.3) is 0 Å². The lowest BCUT2D eigenvalue weighted by atomic mass is 10.0. The number of amides is 1. The van der Waals surface area contributed by atoms with Crippen LogP contribution in [0.15, 0.2) is 42.5 Å². The lowest BCUT2D eigenvalue weighted by Crippen LogP contribution is -2.46. The van der Waals surface area contributed by atoms with E-state index in [1.165, 1.54) is 5.69 Å². The maximum absolute atomic E-state index is 11.4. The largest absolute Gasteiger partial charge is 0.497 e. The van der Waals surface area contributed by atoms with Crippen LogP contribution in [0.2, 0.25) is 0 Å². The van der Waals surface area contributed by atoms with Gasteiger partial charge in [0.05, 0.1) is 13.7 Å². The van der Waals surface area contributed by atoms with Gasteiger partial charge < -0.3 is 19.7 Å². The van der Waals surface area contributed by atoms with E-state index in [2.05, 4.69) is 33.3 Å². The van der Waals surface area contributed by atoms with Crippen molar-refractivity contribution >= 4 is 17.3 Å². The van der Waals surface area contributed by atoms with Gasteiger partial charge in [0, 0.05) is 50.5 Å². The highest BCUT2D eigenvalue weighted by molar-refractivity contribution is 5.93. The van der Waals surface area contributed by atoms with Gasteiger partial charge in [0.15, 0.2) is 0 Å². The van der Waals surface area contributed by atoms with Gasteiger partial charge in [-0.2, -0.15) is 0 Å². The molecule has 2 aromatic carbocycles. The third kappa shape index (κ3) is 5.01. The lowest BCUT2D eigenvalue weighted by Gasteiger charge is -2.36. The van der Waals surface area contributed by atoms with Crippen LogP contribution in [0.5, 0.6) is 11.5 Å². The highest BCUT2D eigenvalue weighted by atomic mass is 16.5. The van der Waals surface area contributed by atoms with E-state index in [9.17, 15) is 4.79 Å². The number of rotatable bonds is 7. The molecule has 1 amide bonds. The molecule has 0 unspecified atom stereocenters. The molecule has 0 aliphatic carbocycles. The third-order valence-electron chi connectivity index (χ3n) is 5.67. The molecule has 1 N–H and O–H groups in total. The molecule has 4 rings (SSSR count). The van der Waals surface area contributed by atoms with Crippen molar-refractivity contribution in [3.8, 4) is 11.5 Å². The standard InChI is InChI=1S/C23H29N3O3/c1-28-20-6-4-19(5-7-20)26-14-12-25(13-15-26)11-2-16-29-21-8-9-22-18(17-21)3-10-23(27)24-22/h4-9,17H,2-3,10-16H2,1H3,(H,24,27). The van der Waals surface area contributed by atoms with E-state index in [1.54, 1.807) is 7.11 Å². The van der Waals surface area contributed by atoms with Crippen molar-refractivity contribution in [2.24, 2.45) is 0 Å². The Morgan fingerprint density at radius 3 is 2.48 bits per heavy atom. The number of piperazine rings is 1. The summed E-state index contributed by atoms with van der Waals surface area (Å²) < 4.78 is 11.2. The Hall–Kier alpha value is -2.73. The van der Waals surface area contributed by atoms with Gasteiger partial charge in [-0.1, -0.05) is 0 Å². The predicted octanol–water partition coefficient (Wildman–Crippen LogP) is 3.17. The van der Waals surface area contributed by atoms with E-state index in [0.717, 1.165) is 68.3 Å². The zero-order valence-corrected chi connectivity index (χ0v) is 17.0. The summed E-state index contributed by atoms with van der Waals surface area (Å²) in [7, 11) is 1.70. The molecule has 0 radical (unpaired) electrons. The monoisotopic (exact) mass is 395 g/mol. The van der Waals surface area contributed by atoms with E-state index in [-0.39, 0.29) is 5.91 Å². The molecule has 1 fully saturated rings. The van der Waals surface area contributed by atoms with Crippen LogP contribution in [0.4, 0.5) is 11.4 Å². The number of methoxy groups -OCH3 is 1. The summed E-state index contributed by atoms with van der Waals surface area (Å²) in [6, 6.07) is 14.3. The van der Waals surface area contributed by atoms with Gasteiger partial charge in [-0.05, 0) is 60.9 Å². The second-order valence-corrected chi connectivity index (χ2v) is 7.60. The molecule has 2 aromatic rings. The molecule has 0 bridgehead atoms. The second-order valence-electron chi connectivity index (χ2n) is 7.60. The zero-order chi connectivity index (χ0) is 20.1. The Labute approximate surface area is 172 Å². The molecule has 154 valence electrons. The number of nitrogens with one attached hydrogen (secondary N) is 1. The van der Waals surface area contributed by atoms with Crippen molar-refractivity contribution in [2.45, 2.75) is 19.3 Å². The Morgan fingerprint density at radius 2 is 1.72 bits per heavy atom. The number of ether oxygens (including phenoxy) is 2. The number of nitrogens with zero attached hydrogens (tertiary/aromatic N) is 2. The molecule has 0 atom stereocenters. The van der Waals surface area contributed by atoms with Crippen molar-refractivity contribution in [3.63, 3.8) is 0 Å². The smallest absolute Gasteiger partial charge is 0.224 e. The molecule has 6 nitrogen and oxygen atoms in total. The molecule has 0 aromatic heterocycles. The van der Waals surface area contributed by atoms with E-state index >= 15 is 0 Å². The van der Waals surface area contributed by atoms with Crippen molar-refractivity contribution < 1.29 is 14.3 Å². The van der Waals surface area contributed by atoms with Gasteiger partial charge in [-0.15, -0.1) is 0 Å². The fourth-order valence-electron chi connectivity index (χ4n) is 3.95. The topological polar surface area (TPSA) is 54.0 Å². The first kappa shape index (κ1) is 19.6. The summed E-state index contributed by atoms with van der Waals surface area (Å²) in [5, 5.41) is 2.91.